The van der Waals surface area contributed by atoms with Crippen molar-refractivity contribution in [3.63, 3.8) is 0 Å². The summed E-state index contributed by atoms with van der Waals surface area (Å²) in [6.07, 6.45) is 1.70. The number of aryl methyl sites for hydroxylation is 1. The summed E-state index contributed by atoms with van der Waals surface area (Å²) in [5, 5.41) is 5.89. The Morgan fingerprint density at radius 2 is 2.25 bits per heavy atom. The number of aromatic nitrogens is 1. The minimum atomic E-state index is -0.504. The van der Waals surface area contributed by atoms with Gasteiger partial charge in [0, 0.05) is 28.9 Å². The first kappa shape index (κ1) is 17.1. The fourth-order valence-corrected chi connectivity index (χ4v) is 3.33. The average Bonchev–Trinajstić information content (AvgIpc) is 3.25. The van der Waals surface area contributed by atoms with Crippen molar-refractivity contribution in [2.24, 2.45) is 0 Å². The molecule has 24 heavy (non-hydrogen) atoms. The van der Waals surface area contributed by atoms with Crippen molar-refractivity contribution in [1.82, 2.24) is 4.98 Å². The number of hydrogen-bond donors (Lipinski definition) is 1. The molecule has 1 saturated heterocycles. The van der Waals surface area contributed by atoms with Gasteiger partial charge in [-0.25, -0.2) is 4.98 Å². The topological polar surface area (TPSA) is 60.5 Å². The second-order valence-electron chi connectivity index (χ2n) is 5.97. The zero-order chi connectivity index (χ0) is 16.9. The fraction of sp³-hybridized carbons (Fsp3) is 0.444. The minimum Gasteiger partial charge on any atom is -0.376 e. The number of amides is 1. The first-order chi connectivity index (χ1) is 11.6. The highest BCUT2D eigenvalue weighted by Crippen LogP contribution is 2.25. The number of benzene rings is 1. The Morgan fingerprint density at radius 1 is 1.46 bits per heavy atom. The second kappa shape index (κ2) is 7.88. The van der Waals surface area contributed by atoms with E-state index in [1.165, 1.54) is 0 Å². The Balaban J connectivity index is 1.52. The summed E-state index contributed by atoms with van der Waals surface area (Å²) in [4.78, 5) is 16.6. The van der Waals surface area contributed by atoms with Crippen molar-refractivity contribution in [2.75, 3.05) is 18.5 Å². The number of nitrogens with zero attached hydrogens (tertiary/aromatic N) is 1. The minimum absolute atomic E-state index is 0.126. The predicted molar refractivity (Wildman–Crippen MR) is 95.3 cm³/mol. The van der Waals surface area contributed by atoms with Crippen molar-refractivity contribution in [2.45, 2.75) is 38.9 Å². The zero-order valence-electron chi connectivity index (χ0n) is 14.0. The molecule has 1 fully saturated rings. The van der Waals surface area contributed by atoms with E-state index in [1.54, 1.807) is 18.3 Å². The Labute approximate surface area is 146 Å². The second-order valence-corrected chi connectivity index (χ2v) is 6.83. The molecule has 1 N–H and O–H groups in total. The van der Waals surface area contributed by atoms with Crippen LogP contribution < -0.4 is 5.32 Å². The van der Waals surface area contributed by atoms with E-state index in [0.717, 1.165) is 41.4 Å². The van der Waals surface area contributed by atoms with Gasteiger partial charge >= 0.3 is 0 Å². The number of anilines is 1. The number of thiazole rings is 1. The Morgan fingerprint density at radius 3 is 2.88 bits per heavy atom. The molecule has 1 aliphatic heterocycles. The summed E-state index contributed by atoms with van der Waals surface area (Å²) in [6.45, 7) is 5.00. The highest BCUT2D eigenvalue weighted by atomic mass is 32.1. The highest BCUT2D eigenvalue weighted by Gasteiger charge is 2.20. The average molecular weight is 346 g/mol. The molecule has 0 radical (unpaired) electrons. The maximum Gasteiger partial charge on any atom is 0.253 e. The Bertz CT molecular complexity index is 678. The van der Waals surface area contributed by atoms with Crippen molar-refractivity contribution in [3.05, 3.63) is 35.3 Å². The van der Waals surface area contributed by atoms with Gasteiger partial charge in [-0.2, -0.15) is 0 Å². The molecule has 0 unspecified atom stereocenters. The number of ether oxygens (including phenoxy) is 2. The monoisotopic (exact) mass is 346 g/mol. The summed E-state index contributed by atoms with van der Waals surface area (Å²) >= 11 is 1.62. The lowest BCUT2D eigenvalue weighted by Crippen LogP contribution is -2.30. The lowest BCUT2D eigenvalue weighted by molar-refractivity contribution is -0.128. The van der Waals surface area contributed by atoms with E-state index in [2.05, 4.69) is 10.3 Å². The van der Waals surface area contributed by atoms with E-state index in [-0.39, 0.29) is 12.0 Å². The number of nitrogens with one attached hydrogen (secondary N) is 1. The largest absolute Gasteiger partial charge is 0.376 e. The molecule has 0 bridgehead atoms. The highest BCUT2D eigenvalue weighted by molar-refractivity contribution is 7.13. The molecule has 1 aliphatic rings. The van der Waals surface area contributed by atoms with Gasteiger partial charge in [0.15, 0.2) is 0 Å². The molecule has 2 heterocycles. The molecule has 0 spiro atoms. The SMILES string of the molecule is Cc1csc(-c2ccc(NC(=O)[C@@H](C)OC[C@@H]3CCCO3)cc2)n1. The van der Waals surface area contributed by atoms with Crippen LogP contribution in [0.2, 0.25) is 0 Å². The maximum absolute atomic E-state index is 12.2. The molecule has 0 saturated carbocycles. The van der Waals surface area contributed by atoms with Gasteiger partial charge in [0.2, 0.25) is 0 Å². The van der Waals surface area contributed by atoms with Crippen LogP contribution in [0, 0.1) is 6.92 Å². The van der Waals surface area contributed by atoms with Crippen molar-refractivity contribution in [3.8, 4) is 10.6 Å². The standard InChI is InChI=1S/C18H22N2O3S/c1-12-11-24-18(19-12)14-5-7-15(8-6-14)20-17(21)13(2)23-10-16-4-3-9-22-16/h5-8,11,13,16H,3-4,9-10H2,1-2H3,(H,20,21)/t13-,16+/m1/s1. The molecule has 128 valence electrons. The number of rotatable bonds is 6. The van der Waals surface area contributed by atoms with Gasteiger partial charge in [-0.3, -0.25) is 4.79 Å². The van der Waals surface area contributed by atoms with Crippen LogP contribution in [0.25, 0.3) is 10.6 Å². The molecule has 3 rings (SSSR count). The molecular weight excluding hydrogens is 324 g/mol. The van der Waals surface area contributed by atoms with E-state index in [9.17, 15) is 4.79 Å². The van der Waals surface area contributed by atoms with Crippen LogP contribution in [0.5, 0.6) is 0 Å². The normalized spacial score (nSPS) is 18.5. The van der Waals surface area contributed by atoms with Gasteiger partial charge in [-0.15, -0.1) is 11.3 Å². The van der Waals surface area contributed by atoms with E-state index in [4.69, 9.17) is 9.47 Å². The van der Waals surface area contributed by atoms with Crippen LogP contribution in [-0.4, -0.2) is 36.3 Å². The first-order valence-electron chi connectivity index (χ1n) is 8.18. The molecule has 2 atom stereocenters. The lowest BCUT2D eigenvalue weighted by Gasteiger charge is -2.16. The summed E-state index contributed by atoms with van der Waals surface area (Å²) in [5.41, 5.74) is 2.82. The predicted octanol–water partition coefficient (Wildman–Crippen LogP) is 3.64. The van der Waals surface area contributed by atoms with Gasteiger partial charge in [-0.1, -0.05) is 0 Å². The Kier molecular flexibility index (Phi) is 5.60. The summed E-state index contributed by atoms with van der Waals surface area (Å²) in [6, 6.07) is 7.70. The van der Waals surface area contributed by atoms with Gasteiger partial charge in [0.25, 0.3) is 5.91 Å². The molecule has 5 nitrogen and oxygen atoms in total. The van der Waals surface area contributed by atoms with Crippen LogP contribution in [0.1, 0.15) is 25.5 Å². The van der Waals surface area contributed by atoms with Crippen LogP contribution in [0.15, 0.2) is 29.6 Å². The molecule has 1 aromatic heterocycles. The molecule has 6 heteroatoms. The Hall–Kier alpha value is -1.76. The van der Waals surface area contributed by atoms with E-state index < -0.39 is 6.10 Å². The van der Waals surface area contributed by atoms with Gasteiger partial charge in [-0.05, 0) is 51.0 Å². The van der Waals surface area contributed by atoms with E-state index >= 15 is 0 Å². The quantitative estimate of drug-likeness (QED) is 0.867. The van der Waals surface area contributed by atoms with Gasteiger partial charge in [0.05, 0.1) is 12.7 Å². The number of carbonyl (C=O) groups excluding carboxylic acids is 1. The molecule has 1 amide bonds. The van der Waals surface area contributed by atoms with Crippen LogP contribution in [0.3, 0.4) is 0 Å². The first-order valence-corrected chi connectivity index (χ1v) is 9.06. The lowest BCUT2D eigenvalue weighted by atomic mass is 10.2. The van der Waals surface area contributed by atoms with Crippen molar-refractivity contribution < 1.29 is 14.3 Å². The number of carbonyl (C=O) groups is 1. The summed E-state index contributed by atoms with van der Waals surface area (Å²) in [5.74, 6) is -0.147. The zero-order valence-corrected chi connectivity index (χ0v) is 14.8. The third kappa shape index (κ3) is 4.41. The van der Waals surface area contributed by atoms with Crippen molar-refractivity contribution in [1.29, 1.82) is 0 Å². The third-order valence-electron chi connectivity index (χ3n) is 3.94. The fourth-order valence-electron chi connectivity index (χ4n) is 2.53. The van der Waals surface area contributed by atoms with Gasteiger partial charge < -0.3 is 14.8 Å². The van der Waals surface area contributed by atoms with E-state index in [0.29, 0.717) is 6.61 Å². The molecule has 2 aromatic rings. The van der Waals surface area contributed by atoms with Crippen LogP contribution in [-0.2, 0) is 14.3 Å². The number of hydrogen-bond acceptors (Lipinski definition) is 5. The summed E-state index contributed by atoms with van der Waals surface area (Å²) < 4.78 is 11.1. The van der Waals surface area contributed by atoms with Crippen molar-refractivity contribution >= 4 is 22.9 Å². The molecule has 1 aromatic carbocycles. The maximum atomic E-state index is 12.2. The van der Waals surface area contributed by atoms with Gasteiger partial charge in [0.1, 0.15) is 11.1 Å². The van der Waals surface area contributed by atoms with Crippen LogP contribution in [0.4, 0.5) is 5.69 Å². The molecular formula is C18H22N2O3S. The molecule has 0 aliphatic carbocycles. The summed E-state index contributed by atoms with van der Waals surface area (Å²) in [7, 11) is 0. The smallest absolute Gasteiger partial charge is 0.253 e. The van der Waals surface area contributed by atoms with E-state index in [1.807, 2.05) is 36.6 Å². The van der Waals surface area contributed by atoms with Crippen LogP contribution >= 0.6 is 11.3 Å². The third-order valence-corrected chi connectivity index (χ3v) is 4.95.